The van der Waals surface area contributed by atoms with E-state index in [1.807, 2.05) is 5.70 Å². The summed E-state index contributed by atoms with van der Waals surface area (Å²) in [4.78, 5) is 0. The van der Waals surface area contributed by atoms with E-state index in [4.69, 9.17) is 5.11 Å². The van der Waals surface area contributed by atoms with Crippen LogP contribution in [0.1, 0.15) is 0 Å². The molecule has 0 bridgehead atoms. The second kappa shape index (κ2) is 2.28. The highest BCUT2D eigenvalue weighted by Gasteiger charge is 2.12. The van der Waals surface area contributed by atoms with E-state index in [-0.39, 0.29) is 0 Å². The Bertz CT molecular complexity index is 68.5. The summed E-state index contributed by atoms with van der Waals surface area (Å²) < 4.78 is 0. The van der Waals surface area contributed by atoms with Crippen LogP contribution in [0.15, 0.2) is 12.3 Å². The van der Waals surface area contributed by atoms with Gasteiger partial charge in [0.25, 0.3) is 0 Å². The van der Waals surface area contributed by atoms with Crippen LogP contribution in [0.4, 0.5) is 0 Å². The summed E-state index contributed by atoms with van der Waals surface area (Å²) in [6, 6.07) is 0. The lowest BCUT2D eigenvalue weighted by molar-refractivity contribution is 0.360. The molecule has 0 aromatic rings. The highest BCUT2D eigenvalue weighted by Crippen LogP contribution is 1.98. The SMILES string of the molecule is C=C[Si](C)(C)CO. The van der Waals surface area contributed by atoms with Crippen molar-refractivity contribution in [3.05, 3.63) is 12.3 Å². The first-order valence-electron chi connectivity index (χ1n) is 2.37. The molecule has 0 aliphatic heterocycles. The maximum absolute atomic E-state index is 8.58. The van der Waals surface area contributed by atoms with Gasteiger partial charge < -0.3 is 5.11 Å². The minimum absolute atomic E-state index is 0.316. The largest absolute Gasteiger partial charge is 0.399 e. The Balaban J connectivity index is 3.58. The summed E-state index contributed by atoms with van der Waals surface area (Å²) in [7, 11) is -1.33. The van der Waals surface area contributed by atoms with Crippen LogP contribution in [-0.4, -0.2) is 19.4 Å². The van der Waals surface area contributed by atoms with E-state index in [1.165, 1.54) is 0 Å². The molecule has 0 heterocycles. The maximum atomic E-state index is 8.58. The van der Waals surface area contributed by atoms with Crippen LogP contribution < -0.4 is 0 Å². The number of hydrogen-bond acceptors (Lipinski definition) is 1. The van der Waals surface area contributed by atoms with Crippen LogP contribution in [0.2, 0.25) is 13.1 Å². The fourth-order valence-electron chi connectivity index (χ4n) is 0.0645. The maximum Gasteiger partial charge on any atom is 0.0997 e. The van der Waals surface area contributed by atoms with E-state index in [0.29, 0.717) is 6.23 Å². The molecule has 0 fully saturated rings. The minimum Gasteiger partial charge on any atom is -0.399 e. The summed E-state index contributed by atoms with van der Waals surface area (Å²) in [5, 5.41) is 8.58. The van der Waals surface area contributed by atoms with Gasteiger partial charge in [-0.25, -0.2) is 0 Å². The van der Waals surface area contributed by atoms with Crippen molar-refractivity contribution in [1.82, 2.24) is 0 Å². The lowest BCUT2D eigenvalue weighted by Crippen LogP contribution is -2.27. The number of aliphatic hydroxyl groups excluding tert-OH is 1. The van der Waals surface area contributed by atoms with Crippen molar-refractivity contribution in [2.45, 2.75) is 13.1 Å². The minimum atomic E-state index is -1.33. The van der Waals surface area contributed by atoms with E-state index >= 15 is 0 Å². The Hall–Kier alpha value is -0.0831. The summed E-state index contributed by atoms with van der Waals surface area (Å²) in [6.07, 6.45) is 0.316. The third-order valence-corrected chi connectivity index (χ3v) is 2.88. The molecule has 0 aromatic heterocycles. The van der Waals surface area contributed by atoms with Crippen molar-refractivity contribution in [2.75, 3.05) is 6.23 Å². The zero-order valence-corrected chi connectivity index (χ0v) is 5.94. The van der Waals surface area contributed by atoms with E-state index < -0.39 is 8.07 Å². The molecule has 0 atom stereocenters. The van der Waals surface area contributed by atoms with Gasteiger partial charge in [0.1, 0.15) is 0 Å². The van der Waals surface area contributed by atoms with Gasteiger partial charge in [-0.05, 0) is 0 Å². The van der Waals surface area contributed by atoms with Crippen molar-refractivity contribution < 1.29 is 5.11 Å². The molecule has 0 radical (unpaired) electrons. The van der Waals surface area contributed by atoms with Crippen LogP contribution in [0, 0.1) is 0 Å². The molecule has 0 aromatic carbocycles. The Labute approximate surface area is 45.7 Å². The third-order valence-electron chi connectivity index (χ3n) is 0.960. The van der Waals surface area contributed by atoms with Crippen LogP contribution in [0.25, 0.3) is 0 Å². The van der Waals surface area contributed by atoms with Gasteiger partial charge in [0.05, 0.1) is 8.07 Å². The first-order chi connectivity index (χ1) is 3.12. The number of aliphatic hydroxyl groups is 1. The first-order valence-corrected chi connectivity index (χ1v) is 5.65. The zero-order valence-electron chi connectivity index (χ0n) is 4.94. The molecule has 2 heteroatoms. The predicted octanol–water partition coefficient (Wildman–Crippen LogP) is 0.952. The summed E-state index contributed by atoms with van der Waals surface area (Å²) in [5.74, 6) is 0. The van der Waals surface area contributed by atoms with E-state index in [0.717, 1.165) is 0 Å². The summed E-state index contributed by atoms with van der Waals surface area (Å²) in [6.45, 7) is 7.74. The van der Waals surface area contributed by atoms with Gasteiger partial charge in [0, 0.05) is 6.23 Å². The van der Waals surface area contributed by atoms with Gasteiger partial charge in [0.2, 0.25) is 0 Å². The Morgan fingerprint density at radius 1 is 1.71 bits per heavy atom. The van der Waals surface area contributed by atoms with Crippen molar-refractivity contribution in [2.24, 2.45) is 0 Å². The molecule has 0 saturated carbocycles. The molecule has 0 aliphatic carbocycles. The van der Waals surface area contributed by atoms with Crippen LogP contribution >= 0.6 is 0 Å². The molecule has 0 saturated heterocycles. The number of rotatable bonds is 2. The monoisotopic (exact) mass is 116 g/mol. The van der Waals surface area contributed by atoms with Crippen LogP contribution in [0.3, 0.4) is 0 Å². The lowest BCUT2D eigenvalue weighted by atomic mass is 11.3. The van der Waals surface area contributed by atoms with E-state index in [9.17, 15) is 0 Å². The molecule has 0 aliphatic rings. The molecule has 0 spiro atoms. The molecule has 42 valence electrons. The van der Waals surface area contributed by atoms with Gasteiger partial charge in [-0.2, -0.15) is 0 Å². The quantitative estimate of drug-likeness (QED) is 0.533. The standard InChI is InChI=1S/C5H12OSi/c1-4-7(2,3)5-6/h4,6H,1,5H2,2-3H3. The molecular weight excluding hydrogens is 104 g/mol. The first kappa shape index (κ1) is 6.92. The van der Waals surface area contributed by atoms with E-state index in [2.05, 4.69) is 19.7 Å². The molecule has 0 rings (SSSR count). The number of hydrogen-bond donors (Lipinski definition) is 1. The normalized spacial score (nSPS) is 11.3. The predicted molar refractivity (Wildman–Crippen MR) is 34.8 cm³/mol. The highest BCUT2D eigenvalue weighted by molar-refractivity contribution is 6.81. The van der Waals surface area contributed by atoms with Gasteiger partial charge >= 0.3 is 0 Å². The second-order valence-corrected chi connectivity index (χ2v) is 7.05. The van der Waals surface area contributed by atoms with Crippen LogP contribution in [-0.2, 0) is 0 Å². The third kappa shape index (κ3) is 2.59. The molecule has 1 nitrogen and oxygen atoms in total. The van der Waals surface area contributed by atoms with Crippen LogP contribution in [0.5, 0.6) is 0 Å². The smallest absolute Gasteiger partial charge is 0.0997 e. The highest BCUT2D eigenvalue weighted by atomic mass is 28.3. The average molecular weight is 116 g/mol. The molecular formula is C5H12OSi. The average Bonchev–Trinajstić information content (AvgIpc) is 1.68. The Kier molecular flexibility index (Phi) is 2.26. The van der Waals surface area contributed by atoms with Gasteiger partial charge in [-0.3, -0.25) is 0 Å². The van der Waals surface area contributed by atoms with Crippen molar-refractivity contribution in [1.29, 1.82) is 0 Å². The molecule has 0 amide bonds. The van der Waals surface area contributed by atoms with E-state index in [1.54, 1.807) is 0 Å². The molecule has 0 unspecified atom stereocenters. The fourth-order valence-corrected chi connectivity index (χ4v) is 0.194. The summed E-state index contributed by atoms with van der Waals surface area (Å²) >= 11 is 0. The Morgan fingerprint density at radius 3 is 2.14 bits per heavy atom. The van der Waals surface area contributed by atoms with Crippen molar-refractivity contribution in [3.63, 3.8) is 0 Å². The summed E-state index contributed by atoms with van der Waals surface area (Å²) in [5.41, 5.74) is 1.88. The van der Waals surface area contributed by atoms with Crippen molar-refractivity contribution >= 4 is 8.07 Å². The molecule has 7 heavy (non-hydrogen) atoms. The van der Waals surface area contributed by atoms with Gasteiger partial charge in [-0.15, -0.1) is 6.58 Å². The zero-order chi connectivity index (χ0) is 5.91. The lowest BCUT2D eigenvalue weighted by Gasteiger charge is -2.10. The van der Waals surface area contributed by atoms with Crippen molar-refractivity contribution in [3.8, 4) is 0 Å². The Morgan fingerprint density at radius 2 is 2.14 bits per heavy atom. The fraction of sp³-hybridized carbons (Fsp3) is 0.600. The van der Waals surface area contributed by atoms with Gasteiger partial charge in [-0.1, -0.05) is 18.8 Å². The second-order valence-electron chi connectivity index (χ2n) is 2.35. The molecule has 1 N–H and O–H groups in total. The van der Waals surface area contributed by atoms with Gasteiger partial charge in [0.15, 0.2) is 0 Å². The topological polar surface area (TPSA) is 20.2 Å².